The van der Waals surface area contributed by atoms with Gasteiger partial charge in [0.15, 0.2) is 12.4 Å². The lowest BCUT2D eigenvalue weighted by Gasteiger charge is -2.33. The summed E-state index contributed by atoms with van der Waals surface area (Å²) in [4.78, 5) is 18.1. The normalized spacial score (nSPS) is 17.3. The molecular formula is C18H17N3O2. The molecule has 23 heavy (non-hydrogen) atoms. The van der Waals surface area contributed by atoms with Gasteiger partial charge in [-0.3, -0.25) is 4.79 Å². The molecule has 5 nitrogen and oxygen atoms in total. The molecule has 5 heteroatoms. The minimum absolute atomic E-state index is 0.0155. The highest BCUT2D eigenvalue weighted by Gasteiger charge is 2.30. The van der Waals surface area contributed by atoms with Crippen LogP contribution in [0.1, 0.15) is 34.6 Å². The van der Waals surface area contributed by atoms with E-state index in [1.54, 1.807) is 12.1 Å². The Bertz CT molecular complexity index is 883. The maximum atomic E-state index is 12.7. The highest BCUT2D eigenvalue weighted by atomic mass is 16.5. The number of pyridine rings is 1. The lowest BCUT2D eigenvalue weighted by atomic mass is 9.97. The molecule has 0 saturated heterocycles. The van der Waals surface area contributed by atoms with Gasteiger partial charge < -0.3 is 15.1 Å². The summed E-state index contributed by atoms with van der Waals surface area (Å²) in [7, 11) is 0. The van der Waals surface area contributed by atoms with E-state index in [1.165, 1.54) is 23.3 Å². The van der Waals surface area contributed by atoms with Crippen molar-refractivity contribution < 1.29 is 9.52 Å². The Morgan fingerprint density at radius 1 is 1.26 bits per heavy atom. The van der Waals surface area contributed by atoms with Crippen LogP contribution in [0.3, 0.4) is 0 Å². The van der Waals surface area contributed by atoms with Gasteiger partial charge in [-0.2, -0.15) is 4.73 Å². The Morgan fingerprint density at radius 2 is 2.00 bits per heavy atom. The van der Waals surface area contributed by atoms with Crippen molar-refractivity contribution in [2.75, 3.05) is 6.54 Å². The predicted octanol–water partition coefficient (Wildman–Crippen LogP) is 2.56. The number of amides is 1. The average molecular weight is 307 g/mol. The van der Waals surface area contributed by atoms with E-state index in [-0.39, 0.29) is 11.9 Å². The quantitative estimate of drug-likeness (QED) is 0.555. The van der Waals surface area contributed by atoms with Crippen LogP contribution >= 0.6 is 0 Å². The van der Waals surface area contributed by atoms with Crippen molar-refractivity contribution in [3.05, 3.63) is 70.8 Å². The van der Waals surface area contributed by atoms with Crippen LogP contribution in [-0.4, -0.2) is 22.3 Å². The number of hydrogen-bond acceptors (Lipinski definition) is 2. The summed E-state index contributed by atoms with van der Waals surface area (Å²) in [5.41, 5.74) is 4.08. The number of nitrogens with one attached hydrogen (secondary N) is 1. The van der Waals surface area contributed by atoms with Gasteiger partial charge in [0.1, 0.15) is 0 Å². The fourth-order valence-corrected chi connectivity index (χ4v) is 3.43. The molecule has 1 aliphatic heterocycles. The van der Waals surface area contributed by atoms with E-state index in [1.807, 2.05) is 24.0 Å². The van der Waals surface area contributed by atoms with E-state index < -0.39 is 0 Å². The summed E-state index contributed by atoms with van der Waals surface area (Å²) in [6, 6.07) is 11.4. The number of rotatable bonds is 1. The first-order valence-electron chi connectivity index (χ1n) is 7.74. The van der Waals surface area contributed by atoms with Gasteiger partial charge in [0.05, 0.1) is 11.6 Å². The summed E-state index contributed by atoms with van der Waals surface area (Å²) in [6.07, 6.45) is 3.55. The summed E-state index contributed by atoms with van der Waals surface area (Å²) < 4.78 is 0.687. The van der Waals surface area contributed by atoms with E-state index in [9.17, 15) is 10.0 Å². The van der Waals surface area contributed by atoms with Gasteiger partial charge in [-0.05, 0) is 25.0 Å². The number of aromatic amines is 1. The second-order valence-electron chi connectivity index (χ2n) is 5.93. The molecule has 1 aromatic carbocycles. The zero-order valence-electron chi connectivity index (χ0n) is 12.8. The van der Waals surface area contributed by atoms with Crippen molar-refractivity contribution in [1.82, 2.24) is 9.88 Å². The second kappa shape index (κ2) is 5.12. The summed E-state index contributed by atoms with van der Waals surface area (Å²) >= 11 is 0. The minimum atomic E-state index is -0.0394. The van der Waals surface area contributed by atoms with E-state index >= 15 is 0 Å². The Balaban J connectivity index is 1.70. The van der Waals surface area contributed by atoms with E-state index in [4.69, 9.17) is 0 Å². The molecule has 1 N–H and O–H groups in total. The van der Waals surface area contributed by atoms with E-state index in [0.29, 0.717) is 16.8 Å². The molecule has 0 aliphatic carbocycles. The molecule has 0 fully saturated rings. The monoisotopic (exact) mass is 307 g/mol. The maximum Gasteiger partial charge on any atom is 0.254 e. The van der Waals surface area contributed by atoms with Gasteiger partial charge in [0, 0.05) is 35.3 Å². The molecule has 4 rings (SSSR count). The molecule has 0 saturated carbocycles. The van der Waals surface area contributed by atoms with Crippen LogP contribution in [0.25, 0.3) is 10.9 Å². The smallest absolute Gasteiger partial charge is 0.254 e. The molecule has 0 unspecified atom stereocenters. The summed E-state index contributed by atoms with van der Waals surface area (Å²) in [6.45, 7) is 2.73. The Labute approximate surface area is 133 Å². The SMILES string of the molecule is C[C@@H]1c2[nH]c3ccccc3c2CCN1C(=O)c1cc[n+]([O-])cc1. The molecule has 116 valence electrons. The van der Waals surface area contributed by atoms with Crippen LogP contribution in [0.4, 0.5) is 0 Å². The van der Waals surface area contributed by atoms with E-state index in [2.05, 4.69) is 17.1 Å². The van der Waals surface area contributed by atoms with Gasteiger partial charge in [-0.1, -0.05) is 18.2 Å². The van der Waals surface area contributed by atoms with Crippen molar-refractivity contribution in [3.8, 4) is 0 Å². The first-order valence-corrected chi connectivity index (χ1v) is 7.74. The molecule has 1 aliphatic rings. The van der Waals surface area contributed by atoms with Crippen LogP contribution in [0.5, 0.6) is 0 Å². The van der Waals surface area contributed by atoms with Crippen LogP contribution in [0.15, 0.2) is 48.8 Å². The third-order valence-corrected chi connectivity index (χ3v) is 4.64. The molecule has 1 amide bonds. The van der Waals surface area contributed by atoms with Crippen molar-refractivity contribution in [3.63, 3.8) is 0 Å². The molecule has 1 atom stereocenters. The maximum absolute atomic E-state index is 12.7. The van der Waals surface area contributed by atoms with Gasteiger partial charge >= 0.3 is 0 Å². The van der Waals surface area contributed by atoms with Gasteiger partial charge in [0.25, 0.3) is 5.91 Å². The lowest BCUT2D eigenvalue weighted by Crippen LogP contribution is -2.39. The molecule has 3 heterocycles. The van der Waals surface area contributed by atoms with Crippen molar-refractivity contribution in [1.29, 1.82) is 0 Å². The Morgan fingerprint density at radius 3 is 2.78 bits per heavy atom. The number of fused-ring (bicyclic) bond motifs is 3. The number of hydrogen-bond donors (Lipinski definition) is 1. The molecule has 3 aromatic rings. The first kappa shape index (κ1) is 13.8. The zero-order chi connectivity index (χ0) is 16.0. The number of para-hydroxylation sites is 1. The van der Waals surface area contributed by atoms with Crippen LogP contribution in [0, 0.1) is 5.21 Å². The molecule has 0 radical (unpaired) electrons. The third kappa shape index (κ3) is 2.16. The third-order valence-electron chi connectivity index (χ3n) is 4.64. The van der Waals surface area contributed by atoms with E-state index in [0.717, 1.165) is 17.6 Å². The minimum Gasteiger partial charge on any atom is -0.619 e. The highest BCUT2D eigenvalue weighted by molar-refractivity contribution is 5.95. The van der Waals surface area contributed by atoms with Crippen molar-refractivity contribution in [2.45, 2.75) is 19.4 Å². The number of carbonyl (C=O) groups is 1. The van der Waals surface area contributed by atoms with Crippen LogP contribution in [0.2, 0.25) is 0 Å². The summed E-state index contributed by atoms with van der Waals surface area (Å²) in [5, 5.41) is 12.4. The zero-order valence-corrected chi connectivity index (χ0v) is 12.8. The largest absolute Gasteiger partial charge is 0.619 e. The van der Waals surface area contributed by atoms with Crippen molar-refractivity contribution in [2.24, 2.45) is 0 Å². The lowest BCUT2D eigenvalue weighted by molar-refractivity contribution is -0.605. The molecule has 0 bridgehead atoms. The molecule has 0 spiro atoms. The fourth-order valence-electron chi connectivity index (χ4n) is 3.43. The first-order chi connectivity index (χ1) is 11.1. The number of benzene rings is 1. The number of carbonyl (C=O) groups excluding carboxylic acids is 1. The Hall–Kier alpha value is -2.82. The van der Waals surface area contributed by atoms with Crippen molar-refractivity contribution >= 4 is 16.8 Å². The Kier molecular flexibility index (Phi) is 3.08. The summed E-state index contributed by atoms with van der Waals surface area (Å²) in [5.74, 6) is -0.0394. The van der Waals surface area contributed by atoms with Gasteiger partial charge in [-0.25, -0.2) is 0 Å². The topological polar surface area (TPSA) is 63.0 Å². The number of nitrogens with zero attached hydrogens (tertiary/aromatic N) is 2. The molecule has 2 aromatic heterocycles. The number of aromatic nitrogens is 2. The van der Waals surface area contributed by atoms with Gasteiger partial charge in [-0.15, -0.1) is 0 Å². The standard InChI is InChI=1S/C18H17N3O2/c1-12-17-15(14-4-2-3-5-16(14)19-17)8-11-21(12)18(22)13-6-9-20(23)10-7-13/h2-7,9-10,12,19H,8,11H2,1H3/t12-/m1/s1. The fraction of sp³-hybridized carbons (Fsp3) is 0.222. The average Bonchev–Trinajstić information content (AvgIpc) is 2.95. The van der Waals surface area contributed by atoms with Crippen LogP contribution in [-0.2, 0) is 6.42 Å². The number of H-pyrrole nitrogens is 1. The van der Waals surface area contributed by atoms with Gasteiger partial charge in [0.2, 0.25) is 0 Å². The second-order valence-corrected chi connectivity index (χ2v) is 5.93. The van der Waals surface area contributed by atoms with Crippen LogP contribution < -0.4 is 4.73 Å². The molecular weight excluding hydrogens is 290 g/mol. The highest BCUT2D eigenvalue weighted by Crippen LogP contribution is 2.34. The predicted molar refractivity (Wildman–Crippen MR) is 86.9 cm³/mol.